The van der Waals surface area contributed by atoms with Gasteiger partial charge in [0, 0.05) is 24.0 Å². The van der Waals surface area contributed by atoms with Gasteiger partial charge >= 0.3 is 5.97 Å². The summed E-state index contributed by atoms with van der Waals surface area (Å²) in [5.41, 5.74) is -0.875. The molecule has 9 heteroatoms. The highest BCUT2D eigenvalue weighted by Gasteiger charge is 2.76. The van der Waals surface area contributed by atoms with Crippen LogP contribution in [-0.2, 0) is 9.47 Å². The van der Waals surface area contributed by atoms with Gasteiger partial charge in [-0.25, -0.2) is 4.79 Å². The van der Waals surface area contributed by atoms with Crippen molar-refractivity contribution < 1.29 is 24.1 Å². The van der Waals surface area contributed by atoms with Crippen molar-refractivity contribution in [1.82, 2.24) is 0 Å². The summed E-state index contributed by atoms with van der Waals surface area (Å²) in [5.74, 6) is 1.38. The smallest absolute Gasteiger partial charge is 0.338 e. The van der Waals surface area contributed by atoms with Crippen LogP contribution in [0, 0.1) is 48.8 Å². The van der Waals surface area contributed by atoms with Gasteiger partial charge in [-0.15, -0.1) is 0 Å². The zero-order valence-corrected chi connectivity index (χ0v) is 20.2. The van der Waals surface area contributed by atoms with Crippen molar-refractivity contribution in [3.63, 3.8) is 0 Å². The van der Waals surface area contributed by atoms with Crippen LogP contribution >= 0.6 is 0 Å². The standard InChI is InChI=1S/C26H32N2O7/c1-24-7-3-4-20(24)19-13-22-26(35-22)14-18(5-9-25(26,2)21(19)6-8-24)34-23(29)15-10-16(27(30)31)12-17(11-15)28(32)33/h10-12,18-22H,3-9,13-14H2,1-2H3/t18-,19+,20-,21+,22+,24-,25+,26+/m1/s1. The van der Waals surface area contributed by atoms with Crippen LogP contribution in [0.25, 0.3) is 0 Å². The predicted octanol–water partition coefficient (Wildman–Crippen LogP) is 5.59. The molecule has 5 fully saturated rings. The van der Waals surface area contributed by atoms with E-state index in [1.807, 2.05) is 0 Å². The van der Waals surface area contributed by atoms with Gasteiger partial charge in [-0.3, -0.25) is 20.2 Å². The number of fused-ring (bicyclic) bond motifs is 4. The maximum absolute atomic E-state index is 12.9. The minimum absolute atomic E-state index is 0.0672. The van der Waals surface area contributed by atoms with Gasteiger partial charge in [0.05, 0.1) is 27.6 Å². The summed E-state index contributed by atoms with van der Waals surface area (Å²) < 4.78 is 12.3. The molecule has 1 heterocycles. The van der Waals surface area contributed by atoms with E-state index in [1.165, 1.54) is 32.1 Å². The van der Waals surface area contributed by atoms with E-state index in [2.05, 4.69) is 13.8 Å². The van der Waals surface area contributed by atoms with Gasteiger partial charge in [-0.2, -0.15) is 0 Å². The number of hydrogen-bond donors (Lipinski definition) is 0. The fourth-order valence-electron chi connectivity index (χ4n) is 8.88. The molecular formula is C26H32N2O7. The molecule has 0 amide bonds. The lowest BCUT2D eigenvalue weighted by molar-refractivity contribution is -0.394. The number of ether oxygens (including phenoxy) is 2. The van der Waals surface area contributed by atoms with Crippen LogP contribution in [0.5, 0.6) is 0 Å². The van der Waals surface area contributed by atoms with Gasteiger partial charge in [0.1, 0.15) is 11.7 Å². The second-order valence-electron chi connectivity index (χ2n) is 12.1. The number of carbonyl (C=O) groups excluding carboxylic acids is 1. The predicted molar refractivity (Wildman–Crippen MR) is 125 cm³/mol. The number of rotatable bonds is 4. The van der Waals surface area contributed by atoms with Crippen molar-refractivity contribution in [2.75, 3.05) is 0 Å². The van der Waals surface area contributed by atoms with E-state index in [1.54, 1.807) is 0 Å². The van der Waals surface area contributed by atoms with Gasteiger partial charge < -0.3 is 9.47 Å². The maximum atomic E-state index is 12.9. The fourth-order valence-corrected chi connectivity index (χ4v) is 8.88. The lowest BCUT2D eigenvalue weighted by Gasteiger charge is -2.58. The first-order valence-corrected chi connectivity index (χ1v) is 12.9. The van der Waals surface area contributed by atoms with Crippen LogP contribution in [0.3, 0.4) is 0 Å². The molecule has 35 heavy (non-hydrogen) atoms. The molecule has 1 aromatic carbocycles. The first kappa shape index (κ1) is 22.9. The van der Waals surface area contributed by atoms with Crippen LogP contribution in [0.15, 0.2) is 18.2 Å². The topological polar surface area (TPSA) is 125 Å². The molecule has 1 saturated heterocycles. The molecule has 8 atom stereocenters. The van der Waals surface area contributed by atoms with E-state index in [4.69, 9.17) is 9.47 Å². The highest BCUT2D eigenvalue weighted by Crippen LogP contribution is 2.73. The highest BCUT2D eigenvalue weighted by atomic mass is 16.6. The average Bonchev–Trinajstić information content (AvgIpc) is 3.36. The summed E-state index contributed by atoms with van der Waals surface area (Å²) in [6.07, 6.45) is 9.75. The fraction of sp³-hybridized carbons (Fsp3) is 0.731. The molecule has 0 bridgehead atoms. The number of nitro benzene ring substituents is 2. The monoisotopic (exact) mass is 484 g/mol. The average molecular weight is 485 g/mol. The van der Waals surface area contributed by atoms with Crippen LogP contribution in [0.2, 0.25) is 0 Å². The van der Waals surface area contributed by atoms with Gasteiger partial charge in [-0.1, -0.05) is 20.3 Å². The maximum Gasteiger partial charge on any atom is 0.338 e. The molecule has 0 N–H and O–H groups in total. The summed E-state index contributed by atoms with van der Waals surface area (Å²) in [4.78, 5) is 33.8. The van der Waals surface area contributed by atoms with E-state index in [0.29, 0.717) is 30.1 Å². The second-order valence-corrected chi connectivity index (χ2v) is 12.1. The van der Waals surface area contributed by atoms with Gasteiger partial charge in [-0.05, 0) is 68.1 Å². The third kappa shape index (κ3) is 3.26. The Morgan fingerprint density at radius 3 is 2.40 bits per heavy atom. The Bertz CT molecular complexity index is 1090. The Balaban J connectivity index is 1.20. The highest BCUT2D eigenvalue weighted by molar-refractivity contribution is 5.91. The number of esters is 1. The van der Waals surface area contributed by atoms with Crippen LogP contribution in [0.1, 0.15) is 82.0 Å². The summed E-state index contributed by atoms with van der Waals surface area (Å²) in [6, 6.07) is 2.94. The lowest BCUT2D eigenvalue weighted by atomic mass is 9.45. The second kappa shape index (κ2) is 7.48. The molecule has 9 nitrogen and oxygen atoms in total. The Morgan fingerprint density at radius 1 is 1.00 bits per heavy atom. The normalized spacial score (nSPS) is 43.2. The van der Waals surface area contributed by atoms with Crippen molar-refractivity contribution >= 4 is 17.3 Å². The zero-order chi connectivity index (χ0) is 24.8. The third-order valence-electron chi connectivity index (χ3n) is 10.7. The Labute approximate surface area is 203 Å². The van der Waals surface area contributed by atoms with Crippen LogP contribution in [0.4, 0.5) is 11.4 Å². The van der Waals surface area contributed by atoms with Gasteiger partial charge in [0.15, 0.2) is 0 Å². The Hall–Kier alpha value is -2.55. The molecule has 5 aliphatic rings. The molecular weight excluding hydrogens is 452 g/mol. The van der Waals surface area contributed by atoms with Crippen LogP contribution < -0.4 is 0 Å². The first-order valence-electron chi connectivity index (χ1n) is 12.9. The summed E-state index contributed by atoms with van der Waals surface area (Å²) in [6.45, 7) is 4.89. The van der Waals surface area contributed by atoms with Crippen molar-refractivity contribution in [3.8, 4) is 0 Å². The molecule has 1 spiro atoms. The Kier molecular flexibility index (Phi) is 4.89. The number of benzene rings is 1. The number of non-ortho nitro benzene ring substituents is 2. The van der Waals surface area contributed by atoms with E-state index in [9.17, 15) is 25.0 Å². The first-order chi connectivity index (χ1) is 16.6. The summed E-state index contributed by atoms with van der Waals surface area (Å²) >= 11 is 0. The van der Waals surface area contributed by atoms with Crippen molar-refractivity contribution in [2.24, 2.45) is 28.6 Å². The lowest BCUT2D eigenvalue weighted by Crippen LogP contribution is -2.58. The number of carbonyl (C=O) groups is 1. The molecule has 6 rings (SSSR count). The van der Waals surface area contributed by atoms with Crippen molar-refractivity contribution in [1.29, 1.82) is 0 Å². The number of hydrogen-bond acceptors (Lipinski definition) is 7. The van der Waals surface area contributed by atoms with Crippen molar-refractivity contribution in [2.45, 2.75) is 89.4 Å². The molecule has 0 aromatic heterocycles. The quantitative estimate of drug-likeness (QED) is 0.236. The molecule has 4 aliphatic carbocycles. The zero-order valence-electron chi connectivity index (χ0n) is 20.2. The SMILES string of the molecule is C[C@]12CCC[C@@H]1[C@@H]1C[C@@H]3O[C@@]34C[C@H](OC(=O)c3cc([N+](=O)[O-])cc([N+](=O)[O-])c3)CC[C@@]4(C)[C@H]1CC2. The summed E-state index contributed by atoms with van der Waals surface area (Å²) in [7, 11) is 0. The van der Waals surface area contributed by atoms with Gasteiger partial charge in [0.25, 0.3) is 11.4 Å². The number of epoxide rings is 1. The molecule has 4 saturated carbocycles. The minimum Gasteiger partial charge on any atom is -0.459 e. The third-order valence-corrected chi connectivity index (χ3v) is 10.7. The molecule has 0 unspecified atom stereocenters. The number of nitro groups is 2. The largest absolute Gasteiger partial charge is 0.459 e. The Morgan fingerprint density at radius 2 is 1.71 bits per heavy atom. The van der Waals surface area contributed by atoms with E-state index >= 15 is 0 Å². The molecule has 0 radical (unpaired) electrons. The van der Waals surface area contributed by atoms with Gasteiger partial charge in [0.2, 0.25) is 0 Å². The molecule has 188 valence electrons. The minimum atomic E-state index is -0.757. The molecule has 1 aliphatic heterocycles. The number of nitrogens with zero attached hydrogens (tertiary/aromatic N) is 2. The van der Waals surface area contributed by atoms with Crippen molar-refractivity contribution in [3.05, 3.63) is 44.0 Å². The van der Waals surface area contributed by atoms with Crippen LogP contribution in [-0.4, -0.2) is 33.6 Å². The molecule has 1 aromatic rings. The van der Waals surface area contributed by atoms with E-state index < -0.39 is 27.2 Å². The van der Waals surface area contributed by atoms with E-state index in [-0.39, 0.29) is 28.8 Å². The van der Waals surface area contributed by atoms with E-state index in [0.717, 1.165) is 37.0 Å². The summed E-state index contributed by atoms with van der Waals surface area (Å²) in [5, 5.41) is 22.4.